The lowest BCUT2D eigenvalue weighted by Crippen LogP contribution is -2.21. The van der Waals surface area contributed by atoms with Crippen LogP contribution in [0.25, 0.3) is 0 Å². The van der Waals surface area contributed by atoms with E-state index in [0.29, 0.717) is 37.3 Å². The summed E-state index contributed by atoms with van der Waals surface area (Å²) in [6, 6.07) is 9.11. The van der Waals surface area contributed by atoms with Gasteiger partial charge in [0.1, 0.15) is 12.1 Å². The van der Waals surface area contributed by atoms with Crippen LogP contribution in [-0.2, 0) is 9.47 Å². The molecule has 0 amide bonds. The highest BCUT2D eigenvalue weighted by Gasteiger charge is 2.08. The number of rotatable bonds is 8. The normalized spacial score (nSPS) is 10.1. The molecule has 1 N–H and O–H groups in total. The smallest absolute Gasteiger partial charge is 0.159 e. The number of hydrogen-bond donors (Lipinski definition) is 1. The molecule has 0 saturated carbocycles. The van der Waals surface area contributed by atoms with Crippen molar-refractivity contribution in [1.29, 1.82) is 10.5 Å². The molecule has 0 atom stereocenters. The van der Waals surface area contributed by atoms with Crippen molar-refractivity contribution < 1.29 is 9.47 Å². The molecule has 5 heteroatoms. The number of nitrogens with zero attached hydrogens (tertiary/aromatic N) is 2. The maximum absolute atomic E-state index is 8.96. The molecular weight excluding hydrogens is 254 g/mol. The predicted molar refractivity (Wildman–Crippen MR) is 76.0 cm³/mol. The summed E-state index contributed by atoms with van der Waals surface area (Å²) in [6.45, 7) is 5.75. The van der Waals surface area contributed by atoms with Crippen LogP contribution in [0.5, 0.6) is 0 Å². The average Bonchev–Trinajstić information content (AvgIpc) is 2.47. The molecular formula is C15H19N3O2. The van der Waals surface area contributed by atoms with Crippen LogP contribution in [0.1, 0.15) is 31.4 Å². The van der Waals surface area contributed by atoms with E-state index in [2.05, 4.69) is 5.32 Å². The van der Waals surface area contributed by atoms with Crippen LogP contribution in [0, 0.1) is 22.7 Å². The second kappa shape index (κ2) is 8.92. The number of anilines is 1. The summed E-state index contributed by atoms with van der Waals surface area (Å²) in [6.07, 6.45) is 0.496. The zero-order chi connectivity index (χ0) is 14.8. The average molecular weight is 273 g/mol. The highest BCUT2D eigenvalue weighted by Crippen LogP contribution is 2.15. The van der Waals surface area contributed by atoms with Crippen molar-refractivity contribution in [2.45, 2.75) is 26.6 Å². The summed E-state index contributed by atoms with van der Waals surface area (Å²) in [5.41, 5.74) is 1.58. The third kappa shape index (κ3) is 4.89. The molecule has 0 bridgehead atoms. The SMILES string of the molecule is CCOC(CCNc1ccc(C#N)c(C#N)c1)OCC. The van der Waals surface area contributed by atoms with Gasteiger partial charge in [0.15, 0.2) is 6.29 Å². The van der Waals surface area contributed by atoms with E-state index < -0.39 is 0 Å². The Labute approximate surface area is 119 Å². The summed E-state index contributed by atoms with van der Waals surface area (Å²) >= 11 is 0. The highest BCUT2D eigenvalue weighted by atomic mass is 16.7. The zero-order valence-electron chi connectivity index (χ0n) is 11.8. The minimum absolute atomic E-state index is 0.216. The fourth-order valence-electron chi connectivity index (χ4n) is 1.77. The molecule has 20 heavy (non-hydrogen) atoms. The van der Waals surface area contributed by atoms with Crippen LogP contribution in [0.2, 0.25) is 0 Å². The first-order valence-corrected chi connectivity index (χ1v) is 6.66. The number of nitriles is 2. The minimum atomic E-state index is -0.216. The lowest BCUT2D eigenvalue weighted by Gasteiger charge is -2.17. The topological polar surface area (TPSA) is 78.1 Å². The number of nitrogens with one attached hydrogen (secondary N) is 1. The highest BCUT2D eigenvalue weighted by molar-refractivity contribution is 5.56. The Bertz CT molecular complexity index is 497. The molecule has 1 aromatic carbocycles. The summed E-state index contributed by atoms with van der Waals surface area (Å²) in [5, 5.41) is 21.0. The second-order valence-electron chi connectivity index (χ2n) is 4.04. The van der Waals surface area contributed by atoms with Crippen molar-refractivity contribution in [2.75, 3.05) is 25.1 Å². The van der Waals surface area contributed by atoms with Crippen LogP contribution >= 0.6 is 0 Å². The van der Waals surface area contributed by atoms with E-state index in [0.717, 1.165) is 5.69 Å². The van der Waals surface area contributed by atoms with Crippen molar-refractivity contribution in [3.63, 3.8) is 0 Å². The largest absolute Gasteiger partial charge is 0.385 e. The molecule has 0 aliphatic carbocycles. The number of hydrogen-bond acceptors (Lipinski definition) is 5. The first-order valence-electron chi connectivity index (χ1n) is 6.66. The zero-order valence-corrected chi connectivity index (χ0v) is 11.8. The molecule has 0 radical (unpaired) electrons. The van der Waals surface area contributed by atoms with Gasteiger partial charge in [-0.2, -0.15) is 10.5 Å². The van der Waals surface area contributed by atoms with Gasteiger partial charge in [-0.1, -0.05) is 0 Å². The van der Waals surface area contributed by atoms with Gasteiger partial charge in [0.05, 0.1) is 11.1 Å². The van der Waals surface area contributed by atoms with E-state index in [-0.39, 0.29) is 6.29 Å². The fraction of sp³-hybridized carbons (Fsp3) is 0.467. The first-order chi connectivity index (χ1) is 9.74. The molecule has 0 unspecified atom stereocenters. The summed E-state index contributed by atoms with van der Waals surface area (Å²) in [4.78, 5) is 0. The lowest BCUT2D eigenvalue weighted by atomic mass is 10.1. The van der Waals surface area contributed by atoms with Gasteiger partial charge in [-0.15, -0.1) is 0 Å². The monoisotopic (exact) mass is 273 g/mol. The van der Waals surface area contributed by atoms with Crippen molar-refractivity contribution in [1.82, 2.24) is 0 Å². The van der Waals surface area contributed by atoms with Gasteiger partial charge in [0.25, 0.3) is 0 Å². The molecule has 0 fully saturated rings. The minimum Gasteiger partial charge on any atom is -0.385 e. The Hall–Kier alpha value is -2.08. The van der Waals surface area contributed by atoms with Crippen molar-refractivity contribution >= 4 is 5.69 Å². The quantitative estimate of drug-likeness (QED) is 0.737. The Balaban J connectivity index is 2.54. The van der Waals surface area contributed by atoms with Gasteiger partial charge in [0.2, 0.25) is 0 Å². The Morgan fingerprint density at radius 2 is 1.75 bits per heavy atom. The van der Waals surface area contributed by atoms with E-state index in [9.17, 15) is 0 Å². The molecule has 0 aromatic heterocycles. The molecule has 0 spiro atoms. The summed E-state index contributed by atoms with van der Waals surface area (Å²) in [5.74, 6) is 0. The Morgan fingerprint density at radius 1 is 1.10 bits per heavy atom. The predicted octanol–water partition coefficient (Wildman–Crippen LogP) is 2.63. The van der Waals surface area contributed by atoms with E-state index in [4.69, 9.17) is 20.0 Å². The second-order valence-corrected chi connectivity index (χ2v) is 4.04. The van der Waals surface area contributed by atoms with E-state index in [1.165, 1.54) is 0 Å². The Morgan fingerprint density at radius 3 is 2.30 bits per heavy atom. The van der Waals surface area contributed by atoms with Crippen molar-refractivity contribution in [3.8, 4) is 12.1 Å². The first kappa shape index (κ1) is 16.0. The van der Waals surface area contributed by atoms with Gasteiger partial charge >= 0.3 is 0 Å². The molecule has 106 valence electrons. The standard InChI is InChI=1S/C15H19N3O2/c1-3-19-15(20-4-2)7-8-18-14-6-5-12(10-16)13(9-14)11-17/h5-6,9,15,18H,3-4,7-8H2,1-2H3. The van der Waals surface area contributed by atoms with Gasteiger partial charge in [-0.25, -0.2) is 0 Å². The number of ether oxygens (including phenoxy) is 2. The number of benzene rings is 1. The maximum atomic E-state index is 8.96. The van der Waals surface area contributed by atoms with Gasteiger partial charge in [-0.05, 0) is 32.0 Å². The van der Waals surface area contributed by atoms with E-state index in [1.807, 2.05) is 26.0 Å². The molecule has 0 aliphatic rings. The molecule has 5 nitrogen and oxygen atoms in total. The van der Waals surface area contributed by atoms with Crippen LogP contribution in [0.3, 0.4) is 0 Å². The molecule has 0 saturated heterocycles. The molecule has 0 aliphatic heterocycles. The van der Waals surface area contributed by atoms with Crippen LogP contribution < -0.4 is 5.32 Å². The lowest BCUT2D eigenvalue weighted by molar-refractivity contribution is -0.137. The van der Waals surface area contributed by atoms with Crippen LogP contribution in [-0.4, -0.2) is 26.0 Å². The summed E-state index contributed by atoms with van der Waals surface area (Å²) < 4.78 is 10.9. The van der Waals surface area contributed by atoms with Crippen LogP contribution in [0.15, 0.2) is 18.2 Å². The van der Waals surface area contributed by atoms with Gasteiger partial charge in [0, 0.05) is 31.9 Å². The third-order valence-corrected chi connectivity index (χ3v) is 2.67. The van der Waals surface area contributed by atoms with Gasteiger partial charge < -0.3 is 14.8 Å². The van der Waals surface area contributed by atoms with Crippen LogP contribution in [0.4, 0.5) is 5.69 Å². The molecule has 1 aromatic rings. The fourth-order valence-corrected chi connectivity index (χ4v) is 1.77. The Kier molecular flexibility index (Phi) is 7.13. The maximum Gasteiger partial charge on any atom is 0.159 e. The molecule has 0 heterocycles. The summed E-state index contributed by atoms with van der Waals surface area (Å²) in [7, 11) is 0. The van der Waals surface area contributed by atoms with E-state index >= 15 is 0 Å². The van der Waals surface area contributed by atoms with E-state index in [1.54, 1.807) is 18.2 Å². The third-order valence-electron chi connectivity index (χ3n) is 2.67. The van der Waals surface area contributed by atoms with Crippen molar-refractivity contribution in [3.05, 3.63) is 29.3 Å². The van der Waals surface area contributed by atoms with Crippen molar-refractivity contribution in [2.24, 2.45) is 0 Å². The molecule has 1 rings (SSSR count). The van der Waals surface area contributed by atoms with Gasteiger partial charge in [-0.3, -0.25) is 0 Å².